The van der Waals surface area contributed by atoms with Gasteiger partial charge in [0.25, 0.3) is 0 Å². The fourth-order valence-electron chi connectivity index (χ4n) is 10.9. The highest BCUT2D eigenvalue weighted by molar-refractivity contribution is 6.06. The molecule has 21 nitrogen and oxygen atoms in total. The maximum absolute atomic E-state index is 13.6. The number of piperidine rings is 1. The van der Waals surface area contributed by atoms with E-state index in [0.29, 0.717) is 67.6 Å². The van der Waals surface area contributed by atoms with Gasteiger partial charge in [0, 0.05) is 86.9 Å². The minimum Gasteiger partial charge on any atom is -0.488 e. The summed E-state index contributed by atoms with van der Waals surface area (Å²) < 4.78 is 29.9. The second-order valence-corrected chi connectivity index (χ2v) is 21.8. The zero-order valence-electron chi connectivity index (χ0n) is 44.5. The van der Waals surface area contributed by atoms with E-state index >= 15 is 0 Å². The summed E-state index contributed by atoms with van der Waals surface area (Å²) in [5.74, 6) is -0.0432. The van der Waals surface area contributed by atoms with Gasteiger partial charge < -0.3 is 65.8 Å². The molecule has 4 aromatic rings. The van der Waals surface area contributed by atoms with Gasteiger partial charge in [-0.05, 0) is 121 Å². The lowest BCUT2D eigenvalue weighted by molar-refractivity contribution is -0.167. The van der Waals surface area contributed by atoms with Gasteiger partial charge >= 0.3 is 18.1 Å². The molecule has 2 aromatic heterocycles. The van der Waals surface area contributed by atoms with Crippen LogP contribution in [0.3, 0.4) is 0 Å². The van der Waals surface area contributed by atoms with Crippen LogP contribution in [0.4, 0.5) is 32.5 Å². The number of esters is 1. The van der Waals surface area contributed by atoms with Crippen molar-refractivity contribution in [3.05, 3.63) is 78.5 Å². The number of rotatable bonds is 20. The Kier molecular flexibility index (Phi) is 16.8. The fraction of sp³-hybridized carbons (Fsp3) is 0.536. The van der Waals surface area contributed by atoms with E-state index < -0.39 is 40.9 Å². The number of carbonyl (C=O) groups is 5. The standard InChI is InChI=1S/C56H73N11O10/c1-5-73-52(70)56(22-9-23-56)51(69)62-44(11-8-24-60-53(58)71)50(68)61-36-15-13-35(14-16-36)34-74-47-12-7-6-10-43(47)45-31-46(49(57)64-63-45)66-32-38-17-18-39(33-66)67(38)37-19-25-59-48(28-37)76-42-29-41(30-42)75-40-20-26-65(27-21-40)54(72)77-55(2,3)4/h6-7,10,12-16,19,25,28,31,38-42,44H,5,8-9,11,17-18,20-24,26-27,29-30,32-34H2,1-4H3,(H2,57,64)(H,61,68)(H,62,69)(H3,58,60,71)/t38?,39?,41?,42?,44-/m0/s1. The van der Waals surface area contributed by atoms with E-state index in [1.165, 1.54) is 0 Å². The third kappa shape index (κ3) is 13.2. The Hall–Kier alpha value is -7.42. The molecular weight excluding hydrogens is 987 g/mol. The van der Waals surface area contributed by atoms with E-state index in [2.05, 4.69) is 53.1 Å². The van der Waals surface area contributed by atoms with E-state index in [9.17, 15) is 24.0 Å². The predicted molar refractivity (Wildman–Crippen MR) is 288 cm³/mol. The molecule has 77 heavy (non-hydrogen) atoms. The number of amides is 5. The molecule has 412 valence electrons. The van der Waals surface area contributed by atoms with Gasteiger partial charge in [-0.15, -0.1) is 10.2 Å². The van der Waals surface area contributed by atoms with Gasteiger partial charge in [-0.25, -0.2) is 14.6 Å². The van der Waals surface area contributed by atoms with Crippen LogP contribution in [0.1, 0.15) is 104 Å². The summed E-state index contributed by atoms with van der Waals surface area (Å²) in [7, 11) is 0. The molecule has 3 aliphatic heterocycles. The first-order chi connectivity index (χ1) is 37.0. The Labute approximate surface area is 449 Å². The van der Waals surface area contributed by atoms with Gasteiger partial charge in [-0.3, -0.25) is 14.4 Å². The van der Waals surface area contributed by atoms with E-state index in [4.69, 9.17) is 35.2 Å². The number of pyridine rings is 1. The van der Waals surface area contributed by atoms with Gasteiger partial charge in [0.15, 0.2) is 5.82 Å². The van der Waals surface area contributed by atoms with Crippen molar-refractivity contribution < 1.29 is 47.7 Å². The topological polar surface area (TPSA) is 268 Å². The summed E-state index contributed by atoms with van der Waals surface area (Å²) in [6.45, 7) is 10.6. The molecule has 5 aliphatic rings. The Balaban J connectivity index is 0.771. The lowest BCUT2D eigenvalue weighted by Crippen LogP contribution is -2.56. The van der Waals surface area contributed by atoms with Crippen molar-refractivity contribution >= 4 is 52.8 Å². The molecule has 0 spiro atoms. The molecule has 5 fully saturated rings. The van der Waals surface area contributed by atoms with Crippen LogP contribution in [0.5, 0.6) is 11.6 Å². The number of nitrogen functional groups attached to an aromatic ring is 1. The first kappa shape index (κ1) is 54.4. The van der Waals surface area contributed by atoms with Crippen LogP contribution in [0.2, 0.25) is 0 Å². The highest BCUT2D eigenvalue weighted by Crippen LogP contribution is 2.43. The molecule has 5 amide bonds. The number of para-hydroxylation sites is 1. The predicted octanol–water partition coefficient (Wildman–Crippen LogP) is 6.49. The number of hydrogen-bond donors (Lipinski definition) is 5. The number of nitrogens with zero attached hydrogens (tertiary/aromatic N) is 6. The van der Waals surface area contributed by atoms with Crippen molar-refractivity contribution in [2.75, 3.05) is 60.2 Å². The van der Waals surface area contributed by atoms with Crippen molar-refractivity contribution in [2.24, 2.45) is 11.1 Å². The molecule has 3 saturated heterocycles. The molecule has 5 heterocycles. The maximum Gasteiger partial charge on any atom is 0.410 e. The Morgan fingerprint density at radius 3 is 2.29 bits per heavy atom. The molecular formula is C56H73N11O10. The first-order valence-electron chi connectivity index (χ1n) is 27.1. The molecule has 2 saturated carbocycles. The number of hydrogen-bond acceptors (Lipinski definition) is 16. The van der Waals surface area contributed by atoms with Crippen molar-refractivity contribution in [1.82, 2.24) is 30.7 Å². The van der Waals surface area contributed by atoms with Gasteiger partial charge in [0.05, 0.1) is 30.2 Å². The van der Waals surface area contributed by atoms with E-state index in [1.807, 2.05) is 69.4 Å². The fourth-order valence-corrected chi connectivity index (χ4v) is 10.9. The second-order valence-electron chi connectivity index (χ2n) is 21.8. The number of benzene rings is 2. The smallest absolute Gasteiger partial charge is 0.410 e. The summed E-state index contributed by atoms with van der Waals surface area (Å²) in [5.41, 5.74) is 14.6. The quantitative estimate of drug-likeness (QED) is 0.0360. The third-order valence-corrected chi connectivity index (χ3v) is 15.1. The molecule has 9 rings (SSSR count). The minimum atomic E-state index is -1.32. The molecule has 2 aliphatic carbocycles. The molecule has 2 aromatic carbocycles. The number of aromatic nitrogens is 3. The average molecular weight is 1060 g/mol. The number of carbonyl (C=O) groups excluding carboxylic acids is 5. The number of nitrogens with two attached hydrogens (primary N) is 2. The number of piperazine rings is 1. The van der Waals surface area contributed by atoms with Crippen LogP contribution < -0.4 is 46.7 Å². The number of urea groups is 1. The summed E-state index contributed by atoms with van der Waals surface area (Å²) in [5, 5.41) is 17.1. The second kappa shape index (κ2) is 23.9. The molecule has 2 unspecified atom stereocenters. The van der Waals surface area contributed by atoms with Crippen LogP contribution in [-0.4, -0.2) is 131 Å². The molecule has 2 bridgehead atoms. The van der Waals surface area contributed by atoms with Crippen LogP contribution in [0, 0.1) is 5.41 Å². The van der Waals surface area contributed by atoms with Gasteiger partial charge in [-0.1, -0.05) is 30.7 Å². The van der Waals surface area contributed by atoms with Gasteiger partial charge in [-0.2, -0.15) is 0 Å². The van der Waals surface area contributed by atoms with Crippen LogP contribution in [0.15, 0.2) is 72.9 Å². The van der Waals surface area contributed by atoms with Crippen LogP contribution >= 0.6 is 0 Å². The number of fused-ring (bicyclic) bond motifs is 2. The number of likely N-dealkylation sites (tertiary alicyclic amines) is 1. The lowest BCUT2D eigenvalue weighted by atomic mass is 9.68. The van der Waals surface area contributed by atoms with Crippen LogP contribution in [-0.2, 0) is 35.2 Å². The molecule has 21 heteroatoms. The van der Waals surface area contributed by atoms with Crippen molar-refractivity contribution in [3.63, 3.8) is 0 Å². The third-order valence-electron chi connectivity index (χ3n) is 15.1. The van der Waals surface area contributed by atoms with Crippen molar-refractivity contribution in [1.29, 1.82) is 0 Å². The van der Waals surface area contributed by atoms with Crippen molar-refractivity contribution in [2.45, 2.75) is 147 Å². The molecule has 0 radical (unpaired) electrons. The Bertz CT molecular complexity index is 2730. The van der Waals surface area contributed by atoms with E-state index in [0.717, 1.165) is 74.1 Å². The summed E-state index contributed by atoms with van der Waals surface area (Å²) >= 11 is 0. The number of nitrogens with one attached hydrogen (secondary N) is 3. The lowest BCUT2D eigenvalue weighted by Gasteiger charge is -2.43. The van der Waals surface area contributed by atoms with E-state index in [-0.39, 0.29) is 62.7 Å². The Morgan fingerprint density at radius 1 is 0.883 bits per heavy atom. The summed E-state index contributed by atoms with van der Waals surface area (Å²) in [4.78, 5) is 74.9. The number of primary amides is 1. The highest BCUT2D eigenvalue weighted by Gasteiger charge is 2.53. The minimum absolute atomic E-state index is 0.0330. The Morgan fingerprint density at radius 2 is 1.61 bits per heavy atom. The number of ether oxygens (including phenoxy) is 5. The molecule has 7 N–H and O–H groups in total. The van der Waals surface area contributed by atoms with Crippen molar-refractivity contribution in [3.8, 4) is 22.9 Å². The number of anilines is 4. The average Bonchev–Trinajstić information content (AvgIpc) is 3.68. The first-order valence-corrected chi connectivity index (χ1v) is 27.1. The zero-order chi connectivity index (χ0) is 54.3. The SMILES string of the molecule is CCOC(=O)C1(C(=O)N[C@@H](CCCNC(N)=O)C(=O)Nc2ccc(COc3ccccc3-c3cc(N4CC5CCC(C4)N5c4ccnc(OC5CC(OC6CCN(C(=O)OC(C)(C)C)CC6)C5)c4)c(N)nn3)cc2)CCC1. The normalized spacial score (nSPS) is 21.2. The monoisotopic (exact) mass is 1060 g/mol. The van der Waals surface area contributed by atoms with Crippen LogP contribution in [0.25, 0.3) is 11.3 Å². The maximum atomic E-state index is 13.6. The highest BCUT2D eigenvalue weighted by atomic mass is 16.6. The van der Waals surface area contributed by atoms with Gasteiger partial charge in [0.2, 0.25) is 17.7 Å². The molecule has 3 atom stereocenters. The summed E-state index contributed by atoms with van der Waals surface area (Å²) in [6, 6.07) is 19.7. The zero-order valence-corrected chi connectivity index (χ0v) is 44.5. The van der Waals surface area contributed by atoms with E-state index in [1.54, 1.807) is 24.0 Å². The van der Waals surface area contributed by atoms with Gasteiger partial charge in [0.1, 0.15) is 35.5 Å². The summed E-state index contributed by atoms with van der Waals surface area (Å²) in [6.07, 6.45) is 9.01. The largest absolute Gasteiger partial charge is 0.488 e.